The largest absolute Gasteiger partial charge is 0.382 e. The van der Waals surface area contributed by atoms with Gasteiger partial charge in [-0.3, -0.25) is 9.59 Å². The molecule has 7 nitrogen and oxygen atoms in total. The summed E-state index contributed by atoms with van der Waals surface area (Å²) in [6.45, 7) is 3.61. The fourth-order valence-electron chi connectivity index (χ4n) is 1.22. The summed E-state index contributed by atoms with van der Waals surface area (Å²) in [7, 11) is 1.69. The molecule has 0 atom stereocenters. The number of carbonyl (C=O) groups is 2. The number of hydrogen-bond donors (Lipinski definition) is 4. The number of carbonyl (C=O) groups excluding carboxylic acids is 2. The van der Waals surface area contributed by atoms with E-state index in [4.69, 9.17) is 5.73 Å². The summed E-state index contributed by atoms with van der Waals surface area (Å²) >= 11 is 1.14. The first-order chi connectivity index (χ1) is 8.43. The van der Waals surface area contributed by atoms with Gasteiger partial charge in [0.05, 0.1) is 6.54 Å². The Hall–Kier alpha value is -1.83. The minimum absolute atomic E-state index is 0.0405. The van der Waals surface area contributed by atoms with Gasteiger partial charge in [-0.2, -0.15) is 0 Å². The first kappa shape index (κ1) is 14.2. The van der Waals surface area contributed by atoms with E-state index in [2.05, 4.69) is 20.9 Å². The lowest BCUT2D eigenvalue weighted by Crippen LogP contribution is -2.39. The lowest BCUT2D eigenvalue weighted by Gasteiger charge is -2.08. The molecule has 0 aliphatic carbocycles. The van der Waals surface area contributed by atoms with Crippen molar-refractivity contribution < 1.29 is 9.59 Å². The first-order valence-electron chi connectivity index (χ1n) is 5.45. The highest BCUT2D eigenvalue weighted by Gasteiger charge is 2.16. The van der Waals surface area contributed by atoms with E-state index in [9.17, 15) is 9.59 Å². The monoisotopic (exact) mass is 271 g/mol. The second kappa shape index (κ2) is 6.20. The van der Waals surface area contributed by atoms with Crippen LogP contribution in [0.5, 0.6) is 0 Å². The zero-order chi connectivity index (χ0) is 13.7. The van der Waals surface area contributed by atoms with Crippen LogP contribution in [-0.4, -0.2) is 36.4 Å². The van der Waals surface area contributed by atoms with Crippen LogP contribution in [0.25, 0.3) is 0 Å². The van der Waals surface area contributed by atoms with Crippen molar-refractivity contribution in [1.82, 2.24) is 15.6 Å². The van der Waals surface area contributed by atoms with Crippen molar-refractivity contribution in [2.75, 3.05) is 24.6 Å². The molecule has 2 amide bonds. The van der Waals surface area contributed by atoms with Crippen molar-refractivity contribution >= 4 is 34.1 Å². The van der Waals surface area contributed by atoms with Crippen LogP contribution >= 0.6 is 11.3 Å². The minimum atomic E-state index is -0.398. The molecular formula is C10H17N5O2S. The van der Waals surface area contributed by atoms with Gasteiger partial charge in [0.1, 0.15) is 10.7 Å². The lowest BCUT2D eigenvalue weighted by molar-refractivity contribution is -0.120. The lowest BCUT2D eigenvalue weighted by atomic mass is 10.4. The zero-order valence-corrected chi connectivity index (χ0v) is 11.4. The predicted molar refractivity (Wildman–Crippen MR) is 71.7 cm³/mol. The molecule has 0 bridgehead atoms. The van der Waals surface area contributed by atoms with Crippen molar-refractivity contribution in [2.24, 2.45) is 0 Å². The van der Waals surface area contributed by atoms with Gasteiger partial charge in [0.2, 0.25) is 5.91 Å². The number of nitrogens with two attached hydrogens (primary N) is 1. The molecule has 0 unspecified atom stereocenters. The van der Waals surface area contributed by atoms with Gasteiger partial charge in [-0.25, -0.2) is 4.98 Å². The molecule has 1 aromatic heterocycles. The van der Waals surface area contributed by atoms with E-state index in [-0.39, 0.29) is 24.3 Å². The van der Waals surface area contributed by atoms with Crippen molar-refractivity contribution in [3.05, 3.63) is 4.88 Å². The molecule has 0 saturated carbocycles. The Kier molecular flexibility index (Phi) is 4.90. The highest BCUT2D eigenvalue weighted by atomic mass is 32.1. The van der Waals surface area contributed by atoms with Gasteiger partial charge >= 0.3 is 0 Å². The summed E-state index contributed by atoms with van der Waals surface area (Å²) < 4.78 is 0. The van der Waals surface area contributed by atoms with Gasteiger partial charge in [-0.1, -0.05) is 11.3 Å². The molecule has 0 saturated heterocycles. The molecule has 0 aromatic carbocycles. The number of nitrogens with one attached hydrogen (secondary N) is 3. The number of anilines is 2. The third kappa shape index (κ3) is 3.88. The van der Waals surface area contributed by atoms with Crippen molar-refractivity contribution in [3.63, 3.8) is 0 Å². The second-order valence-electron chi connectivity index (χ2n) is 3.89. The van der Waals surface area contributed by atoms with Crippen LogP contribution in [0.4, 0.5) is 10.9 Å². The van der Waals surface area contributed by atoms with Gasteiger partial charge in [0.15, 0.2) is 5.13 Å². The molecule has 100 valence electrons. The smallest absolute Gasteiger partial charge is 0.265 e. The van der Waals surface area contributed by atoms with Crippen LogP contribution < -0.4 is 21.7 Å². The molecule has 8 heteroatoms. The summed E-state index contributed by atoms with van der Waals surface area (Å²) in [4.78, 5) is 27.4. The molecule has 0 spiro atoms. The fraction of sp³-hybridized carbons (Fsp3) is 0.500. The molecule has 0 aliphatic rings. The highest BCUT2D eigenvalue weighted by Crippen LogP contribution is 2.23. The molecular weight excluding hydrogens is 254 g/mol. The Bertz CT molecular complexity index is 443. The maximum atomic E-state index is 11.8. The number of hydrogen-bond acceptors (Lipinski definition) is 6. The van der Waals surface area contributed by atoms with Gasteiger partial charge in [0, 0.05) is 13.1 Å². The van der Waals surface area contributed by atoms with Crippen LogP contribution in [-0.2, 0) is 4.79 Å². The quantitative estimate of drug-likeness (QED) is 0.603. The summed E-state index contributed by atoms with van der Waals surface area (Å²) in [5.74, 6) is -0.480. The van der Waals surface area contributed by atoms with Crippen LogP contribution in [0.1, 0.15) is 23.5 Å². The Labute approximate surface area is 109 Å². The molecule has 1 aromatic rings. The Morgan fingerprint density at radius 1 is 1.44 bits per heavy atom. The SMILES string of the molecule is CNc1nc(N)c(C(=O)NCC(=O)NC(C)C)s1. The third-order valence-electron chi connectivity index (χ3n) is 1.93. The van der Waals surface area contributed by atoms with Crippen molar-refractivity contribution in [3.8, 4) is 0 Å². The van der Waals surface area contributed by atoms with E-state index in [1.807, 2.05) is 13.8 Å². The van der Waals surface area contributed by atoms with E-state index < -0.39 is 5.91 Å². The molecule has 0 radical (unpaired) electrons. The maximum Gasteiger partial charge on any atom is 0.265 e. The van der Waals surface area contributed by atoms with E-state index in [1.54, 1.807) is 7.05 Å². The average Bonchev–Trinajstić information content (AvgIpc) is 2.66. The number of aromatic nitrogens is 1. The van der Waals surface area contributed by atoms with Gasteiger partial charge in [0.25, 0.3) is 5.91 Å². The predicted octanol–water partition coefficient (Wildman–Crippen LogP) is 0.0214. The van der Waals surface area contributed by atoms with Gasteiger partial charge in [-0.05, 0) is 13.8 Å². The Balaban J connectivity index is 2.55. The van der Waals surface area contributed by atoms with Crippen LogP contribution in [0.2, 0.25) is 0 Å². The molecule has 1 heterocycles. The van der Waals surface area contributed by atoms with Crippen LogP contribution in [0.3, 0.4) is 0 Å². The fourth-order valence-corrected chi connectivity index (χ4v) is 1.97. The molecule has 0 aliphatic heterocycles. The standard InChI is InChI=1S/C10H17N5O2S/c1-5(2)14-6(16)4-13-9(17)7-8(11)15-10(12-3)18-7/h5H,4,11H2,1-3H3,(H,12,15)(H,13,17)(H,14,16). The molecule has 18 heavy (non-hydrogen) atoms. The van der Waals surface area contributed by atoms with E-state index >= 15 is 0 Å². The van der Waals surface area contributed by atoms with Crippen LogP contribution in [0, 0.1) is 0 Å². The van der Waals surface area contributed by atoms with E-state index in [0.717, 1.165) is 11.3 Å². The van der Waals surface area contributed by atoms with Crippen molar-refractivity contribution in [2.45, 2.75) is 19.9 Å². The van der Waals surface area contributed by atoms with E-state index in [1.165, 1.54) is 0 Å². The van der Waals surface area contributed by atoms with Crippen molar-refractivity contribution in [1.29, 1.82) is 0 Å². The summed E-state index contributed by atoms with van der Waals surface area (Å²) in [5.41, 5.74) is 5.60. The summed E-state index contributed by atoms with van der Waals surface area (Å²) in [6, 6.07) is 0.0405. The second-order valence-corrected chi connectivity index (χ2v) is 4.89. The molecule has 0 fully saturated rings. The average molecular weight is 271 g/mol. The topological polar surface area (TPSA) is 109 Å². The number of nitrogen functional groups attached to an aromatic ring is 1. The normalized spacial score (nSPS) is 10.2. The minimum Gasteiger partial charge on any atom is -0.382 e. The third-order valence-corrected chi connectivity index (χ3v) is 3.02. The summed E-state index contributed by atoms with van der Waals surface area (Å²) in [5, 5.41) is 8.53. The van der Waals surface area contributed by atoms with Gasteiger partial charge in [-0.15, -0.1) is 0 Å². The highest BCUT2D eigenvalue weighted by molar-refractivity contribution is 7.18. The first-order valence-corrected chi connectivity index (χ1v) is 6.27. The molecule has 5 N–H and O–H groups in total. The number of thiazole rings is 1. The van der Waals surface area contributed by atoms with E-state index in [0.29, 0.717) is 10.0 Å². The number of rotatable bonds is 5. The van der Waals surface area contributed by atoms with Gasteiger partial charge < -0.3 is 21.7 Å². The maximum absolute atomic E-state index is 11.8. The Morgan fingerprint density at radius 3 is 2.61 bits per heavy atom. The number of amides is 2. The van der Waals surface area contributed by atoms with Crippen LogP contribution in [0.15, 0.2) is 0 Å². The number of nitrogens with zero attached hydrogens (tertiary/aromatic N) is 1. The molecule has 1 rings (SSSR count). The zero-order valence-electron chi connectivity index (χ0n) is 10.5. The summed E-state index contributed by atoms with van der Waals surface area (Å²) in [6.07, 6.45) is 0. The Morgan fingerprint density at radius 2 is 2.11 bits per heavy atom.